The quantitative estimate of drug-likeness (QED) is 0.596. The number of hydrogen-bond acceptors (Lipinski definition) is 0. The molecule has 0 radical (unpaired) electrons. The van der Waals surface area contributed by atoms with Crippen LogP contribution in [0.4, 0.5) is 4.39 Å². The molecule has 22 heavy (non-hydrogen) atoms. The van der Waals surface area contributed by atoms with E-state index in [0.717, 1.165) is 5.56 Å². The first-order valence-electron chi connectivity index (χ1n) is 8.03. The number of benzene rings is 2. The van der Waals surface area contributed by atoms with E-state index in [1.54, 1.807) is 0 Å². The first kappa shape index (κ1) is 15.0. The normalized spacial score (nSPS) is 17.2. The fourth-order valence-electron chi connectivity index (χ4n) is 3.42. The van der Waals surface area contributed by atoms with Crippen molar-refractivity contribution in [1.29, 1.82) is 0 Å². The largest absolute Gasteiger partial charge is 0.207 e. The van der Waals surface area contributed by atoms with Crippen LogP contribution in [0.2, 0.25) is 0 Å². The summed E-state index contributed by atoms with van der Waals surface area (Å²) in [6.45, 7) is 6.81. The van der Waals surface area contributed by atoms with Gasteiger partial charge < -0.3 is 0 Å². The van der Waals surface area contributed by atoms with E-state index in [1.807, 2.05) is 12.1 Å². The van der Waals surface area contributed by atoms with Crippen molar-refractivity contribution in [2.75, 3.05) is 0 Å². The topological polar surface area (TPSA) is 0 Å². The Morgan fingerprint density at radius 3 is 2.55 bits per heavy atom. The van der Waals surface area contributed by atoms with Crippen molar-refractivity contribution in [3.8, 4) is 0 Å². The Balaban J connectivity index is 1.96. The van der Waals surface area contributed by atoms with Crippen LogP contribution >= 0.6 is 0 Å². The van der Waals surface area contributed by atoms with Gasteiger partial charge in [-0.05, 0) is 71.6 Å². The van der Waals surface area contributed by atoms with Gasteiger partial charge in [0.05, 0.1) is 0 Å². The van der Waals surface area contributed by atoms with Crippen LogP contribution in [0.25, 0.3) is 11.6 Å². The molecule has 1 heteroatoms. The smallest absolute Gasteiger partial charge is 0.123 e. The Kier molecular flexibility index (Phi) is 3.90. The van der Waals surface area contributed by atoms with Crippen molar-refractivity contribution in [3.05, 3.63) is 70.5 Å². The van der Waals surface area contributed by atoms with Gasteiger partial charge in [0.2, 0.25) is 0 Å². The standard InChI is InChI=1S/C21H23F/c1-15(13-16-6-10-19(22)11-7-16)18-9-8-17-5-4-12-21(2,3)20(17)14-18/h6-11,13-14H,4-5,12H2,1-3H3. The molecular formula is C21H23F. The van der Waals surface area contributed by atoms with E-state index in [0.29, 0.717) is 0 Å². The van der Waals surface area contributed by atoms with Gasteiger partial charge in [0, 0.05) is 0 Å². The fourth-order valence-corrected chi connectivity index (χ4v) is 3.42. The summed E-state index contributed by atoms with van der Waals surface area (Å²) in [6, 6.07) is 13.5. The predicted octanol–water partition coefficient (Wildman–Crippen LogP) is 6.00. The van der Waals surface area contributed by atoms with Crippen molar-refractivity contribution in [1.82, 2.24) is 0 Å². The zero-order chi connectivity index (χ0) is 15.7. The highest BCUT2D eigenvalue weighted by molar-refractivity contribution is 5.80. The third kappa shape index (κ3) is 2.99. The van der Waals surface area contributed by atoms with E-state index in [-0.39, 0.29) is 11.2 Å². The average molecular weight is 294 g/mol. The minimum Gasteiger partial charge on any atom is -0.207 e. The van der Waals surface area contributed by atoms with E-state index in [4.69, 9.17) is 0 Å². The molecule has 0 amide bonds. The number of hydrogen-bond donors (Lipinski definition) is 0. The minimum atomic E-state index is -0.190. The average Bonchev–Trinajstić information content (AvgIpc) is 2.49. The Morgan fingerprint density at radius 1 is 1.09 bits per heavy atom. The second-order valence-corrected chi connectivity index (χ2v) is 6.99. The van der Waals surface area contributed by atoms with Crippen LogP contribution in [0.15, 0.2) is 42.5 Å². The van der Waals surface area contributed by atoms with Crippen LogP contribution in [0, 0.1) is 5.82 Å². The number of halogens is 1. The number of rotatable bonds is 2. The lowest BCUT2D eigenvalue weighted by Gasteiger charge is -2.33. The summed E-state index contributed by atoms with van der Waals surface area (Å²) in [6.07, 6.45) is 5.85. The minimum absolute atomic E-state index is 0.190. The molecule has 3 rings (SSSR count). The molecule has 0 heterocycles. The lowest BCUT2D eigenvalue weighted by atomic mass is 9.72. The second kappa shape index (κ2) is 5.72. The zero-order valence-corrected chi connectivity index (χ0v) is 13.6. The molecule has 2 aromatic carbocycles. The van der Waals surface area contributed by atoms with Gasteiger partial charge in [0.25, 0.3) is 0 Å². The van der Waals surface area contributed by atoms with Crippen LogP contribution in [-0.2, 0) is 11.8 Å². The van der Waals surface area contributed by atoms with Crippen LogP contribution in [0.3, 0.4) is 0 Å². The number of aryl methyl sites for hydroxylation is 1. The van der Waals surface area contributed by atoms with Crippen LogP contribution in [0.1, 0.15) is 55.9 Å². The third-order valence-electron chi connectivity index (χ3n) is 4.80. The van der Waals surface area contributed by atoms with Crippen LogP contribution in [-0.4, -0.2) is 0 Å². The molecule has 114 valence electrons. The molecule has 0 bridgehead atoms. The Labute approximate surface area is 132 Å². The van der Waals surface area contributed by atoms with Gasteiger partial charge in [-0.15, -0.1) is 0 Å². The first-order chi connectivity index (χ1) is 10.5. The van der Waals surface area contributed by atoms with E-state index in [2.05, 4.69) is 45.0 Å². The van der Waals surface area contributed by atoms with Crippen molar-refractivity contribution >= 4 is 11.6 Å². The molecule has 0 saturated carbocycles. The van der Waals surface area contributed by atoms with E-state index in [9.17, 15) is 4.39 Å². The van der Waals surface area contributed by atoms with Gasteiger partial charge in [-0.25, -0.2) is 4.39 Å². The van der Waals surface area contributed by atoms with Crippen LogP contribution in [0.5, 0.6) is 0 Å². The maximum atomic E-state index is 13.0. The van der Waals surface area contributed by atoms with Crippen LogP contribution < -0.4 is 0 Å². The summed E-state index contributed by atoms with van der Waals surface area (Å²) in [5.41, 5.74) is 6.77. The first-order valence-corrected chi connectivity index (χ1v) is 8.03. The highest BCUT2D eigenvalue weighted by Gasteiger charge is 2.27. The maximum absolute atomic E-state index is 13.0. The van der Waals surface area contributed by atoms with Crippen molar-refractivity contribution in [3.63, 3.8) is 0 Å². The molecule has 0 fully saturated rings. The van der Waals surface area contributed by atoms with Crippen molar-refractivity contribution in [2.45, 2.75) is 45.4 Å². The van der Waals surface area contributed by atoms with Gasteiger partial charge in [0.15, 0.2) is 0 Å². The van der Waals surface area contributed by atoms with Crippen molar-refractivity contribution < 1.29 is 4.39 Å². The molecule has 0 nitrogen and oxygen atoms in total. The van der Waals surface area contributed by atoms with Gasteiger partial charge >= 0.3 is 0 Å². The van der Waals surface area contributed by atoms with E-state index < -0.39 is 0 Å². The van der Waals surface area contributed by atoms with E-state index in [1.165, 1.54) is 53.7 Å². The fraction of sp³-hybridized carbons (Fsp3) is 0.333. The monoisotopic (exact) mass is 294 g/mol. The Morgan fingerprint density at radius 2 is 1.82 bits per heavy atom. The Bertz CT molecular complexity index is 705. The van der Waals surface area contributed by atoms with Gasteiger partial charge in [-0.2, -0.15) is 0 Å². The number of fused-ring (bicyclic) bond motifs is 1. The third-order valence-corrected chi connectivity index (χ3v) is 4.80. The molecule has 0 aromatic heterocycles. The Hall–Kier alpha value is -1.89. The highest BCUT2D eigenvalue weighted by Crippen LogP contribution is 2.38. The zero-order valence-electron chi connectivity index (χ0n) is 13.6. The molecule has 1 aliphatic carbocycles. The second-order valence-electron chi connectivity index (χ2n) is 6.99. The molecule has 0 unspecified atom stereocenters. The summed E-state index contributed by atoms with van der Waals surface area (Å²) in [5.74, 6) is -0.190. The molecule has 0 spiro atoms. The maximum Gasteiger partial charge on any atom is 0.123 e. The number of allylic oxidation sites excluding steroid dienone is 1. The SMILES string of the molecule is CC(=Cc1ccc(F)cc1)c1ccc2c(c1)C(C)(C)CCC2. The summed E-state index contributed by atoms with van der Waals surface area (Å²) < 4.78 is 13.0. The molecule has 0 aliphatic heterocycles. The van der Waals surface area contributed by atoms with E-state index >= 15 is 0 Å². The van der Waals surface area contributed by atoms with Gasteiger partial charge in [-0.3, -0.25) is 0 Å². The van der Waals surface area contributed by atoms with Crippen molar-refractivity contribution in [2.24, 2.45) is 0 Å². The molecule has 0 atom stereocenters. The lowest BCUT2D eigenvalue weighted by Crippen LogP contribution is -2.23. The summed E-state index contributed by atoms with van der Waals surface area (Å²) in [4.78, 5) is 0. The predicted molar refractivity (Wildman–Crippen MR) is 92.4 cm³/mol. The van der Waals surface area contributed by atoms with Gasteiger partial charge in [-0.1, -0.05) is 50.3 Å². The molecule has 1 aliphatic rings. The molecule has 0 saturated heterocycles. The highest BCUT2D eigenvalue weighted by atomic mass is 19.1. The molecular weight excluding hydrogens is 271 g/mol. The summed E-state index contributed by atoms with van der Waals surface area (Å²) >= 11 is 0. The summed E-state index contributed by atoms with van der Waals surface area (Å²) in [7, 11) is 0. The molecule has 2 aromatic rings. The van der Waals surface area contributed by atoms with Gasteiger partial charge in [0.1, 0.15) is 5.82 Å². The molecule has 0 N–H and O–H groups in total. The lowest BCUT2D eigenvalue weighted by molar-refractivity contribution is 0.432. The summed E-state index contributed by atoms with van der Waals surface area (Å²) in [5, 5.41) is 0.